The molecule has 1 amide bonds. The first-order valence-electron chi connectivity index (χ1n) is 8.59. The Bertz CT molecular complexity index is 940. The Balaban J connectivity index is 1.36. The molecule has 0 saturated heterocycles. The molecule has 138 valence electrons. The fraction of sp³-hybridized carbons (Fsp3) is 0.200. The molecule has 3 aromatic rings. The third-order valence-electron chi connectivity index (χ3n) is 4.25. The zero-order valence-corrected chi connectivity index (χ0v) is 15.6. The highest BCUT2D eigenvalue weighted by Crippen LogP contribution is 2.30. The number of amides is 1. The average molecular weight is 381 g/mol. The number of nitrogens with one attached hydrogen (secondary N) is 1. The number of aromatic nitrogens is 2. The molecule has 2 aromatic carbocycles. The number of rotatable bonds is 5. The maximum atomic E-state index is 12.4. The van der Waals surface area contributed by atoms with Gasteiger partial charge in [0.05, 0.1) is 6.54 Å². The minimum Gasteiger partial charge on any atom is -0.486 e. The molecule has 1 N–H and O–H groups in total. The molecule has 1 aliphatic rings. The molecular weight excluding hydrogens is 362 g/mol. The Kier molecular flexibility index (Phi) is 5.02. The first kappa shape index (κ1) is 17.5. The van der Waals surface area contributed by atoms with Crippen LogP contribution in [0.25, 0.3) is 5.69 Å². The third kappa shape index (κ3) is 3.78. The minimum atomic E-state index is -0.210. The van der Waals surface area contributed by atoms with Crippen LogP contribution in [0, 0.1) is 0 Å². The quantitative estimate of drug-likeness (QED) is 0.688. The Hall–Kier alpha value is -2.93. The molecule has 0 bridgehead atoms. The summed E-state index contributed by atoms with van der Waals surface area (Å²) in [5, 5.41) is 3.81. The zero-order valence-electron chi connectivity index (χ0n) is 14.8. The van der Waals surface area contributed by atoms with Crippen LogP contribution in [0.3, 0.4) is 0 Å². The number of hydrogen-bond donors (Lipinski definition) is 1. The second-order valence-corrected chi connectivity index (χ2v) is 6.81. The van der Waals surface area contributed by atoms with E-state index in [2.05, 4.69) is 10.3 Å². The topological polar surface area (TPSA) is 65.4 Å². The molecule has 0 spiro atoms. The first-order valence-corrected chi connectivity index (χ1v) is 9.81. The van der Waals surface area contributed by atoms with E-state index in [-0.39, 0.29) is 12.0 Å². The number of hydrogen-bond acceptors (Lipinski definition) is 5. The Morgan fingerprint density at radius 3 is 2.78 bits per heavy atom. The predicted molar refractivity (Wildman–Crippen MR) is 104 cm³/mol. The van der Waals surface area contributed by atoms with Gasteiger partial charge < -0.3 is 14.8 Å². The van der Waals surface area contributed by atoms with Gasteiger partial charge in [0.25, 0.3) is 5.91 Å². The smallest absolute Gasteiger partial charge is 0.251 e. The summed E-state index contributed by atoms with van der Waals surface area (Å²) in [5.74, 6) is 1.30. The fourth-order valence-electron chi connectivity index (χ4n) is 2.88. The van der Waals surface area contributed by atoms with Crippen molar-refractivity contribution in [3.05, 3.63) is 66.5 Å². The van der Waals surface area contributed by atoms with Crippen LogP contribution >= 0.6 is 11.8 Å². The molecule has 1 aromatic heterocycles. The summed E-state index contributed by atoms with van der Waals surface area (Å²) in [6.45, 7) is 0.793. The van der Waals surface area contributed by atoms with E-state index >= 15 is 0 Å². The zero-order chi connectivity index (χ0) is 18.6. The van der Waals surface area contributed by atoms with Crippen LogP contribution in [-0.4, -0.2) is 41.0 Å². The first-order chi connectivity index (χ1) is 13.2. The van der Waals surface area contributed by atoms with Crippen molar-refractivity contribution in [2.45, 2.75) is 11.3 Å². The standard InChI is InChI=1S/C20H19N3O3S/c1-27-20-21-10-11-23(20)15-8-6-14(7-9-15)19(24)22-12-16-13-25-17-4-2-3-5-18(17)26-16/h2-11,16H,12-13H2,1H3,(H,22,24). The van der Waals surface area contributed by atoms with Gasteiger partial charge in [0.2, 0.25) is 0 Å². The van der Waals surface area contributed by atoms with Crippen LogP contribution in [-0.2, 0) is 0 Å². The molecular formula is C20H19N3O3S. The van der Waals surface area contributed by atoms with Gasteiger partial charge in [0, 0.05) is 23.6 Å². The van der Waals surface area contributed by atoms with Crippen molar-refractivity contribution in [3.8, 4) is 17.2 Å². The third-order valence-corrected chi connectivity index (χ3v) is 4.92. The number of fused-ring (bicyclic) bond motifs is 1. The summed E-state index contributed by atoms with van der Waals surface area (Å²) in [6.07, 6.45) is 5.43. The summed E-state index contributed by atoms with van der Waals surface area (Å²) in [5.41, 5.74) is 1.57. The number of ether oxygens (including phenoxy) is 2. The highest BCUT2D eigenvalue weighted by molar-refractivity contribution is 7.98. The van der Waals surface area contributed by atoms with Crippen molar-refractivity contribution in [2.24, 2.45) is 0 Å². The van der Waals surface area contributed by atoms with E-state index < -0.39 is 0 Å². The van der Waals surface area contributed by atoms with Crippen molar-refractivity contribution in [1.82, 2.24) is 14.9 Å². The van der Waals surface area contributed by atoms with Gasteiger partial charge in [-0.05, 0) is 42.7 Å². The Labute approximate surface area is 161 Å². The van der Waals surface area contributed by atoms with Crippen LogP contribution in [0.5, 0.6) is 11.5 Å². The molecule has 0 fully saturated rings. The normalized spacial score (nSPS) is 15.4. The van der Waals surface area contributed by atoms with E-state index in [0.29, 0.717) is 24.5 Å². The summed E-state index contributed by atoms with van der Waals surface area (Å²) in [7, 11) is 0. The number of nitrogens with zero attached hydrogens (tertiary/aromatic N) is 2. The lowest BCUT2D eigenvalue weighted by Gasteiger charge is -2.26. The summed E-state index contributed by atoms with van der Waals surface area (Å²) in [6, 6.07) is 15.0. The molecule has 0 saturated carbocycles. The molecule has 4 rings (SSSR count). The van der Waals surface area contributed by atoms with Gasteiger partial charge in [0.15, 0.2) is 16.7 Å². The highest BCUT2D eigenvalue weighted by Gasteiger charge is 2.21. The average Bonchev–Trinajstić information content (AvgIpc) is 3.21. The van der Waals surface area contributed by atoms with Crippen molar-refractivity contribution >= 4 is 17.7 Å². The lowest BCUT2D eigenvalue weighted by Crippen LogP contribution is -2.40. The molecule has 1 atom stereocenters. The lowest BCUT2D eigenvalue weighted by atomic mass is 10.2. The minimum absolute atomic E-state index is 0.139. The predicted octanol–water partition coefficient (Wildman–Crippen LogP) is 3.16. The maximum Gasteiger partial charge on any atom is 0.251 e. The van der Waals surface area contributed by atoms with Gasteiger partial charge in [0.1, 0.15) is 12.7 Å². The van der Waals surface area contributed by atoms with E-state index in [1.165, 1.54) is 0 Å². The molecule has 1 aliphatic heterocycles. The molecule has 1 unspecified atom stereocenters. The van der Waals surface area contributed by atoms with Gasteiger partial charge >= 0.3 is 0 Å². The number of thioether (sulfide) groups is 1. The van der Waals surface area contributed by atoms with Crippen LogP contribution in [0.15, 0.2) is 66.1 Å². The number of para-hydroxylation sites is 2. The van der Waals surface area contributed by atoms with Crippen LogP contribution in [0.2, 0.25) is 0 Å². The van der Waals surface area contributed by atoms with E-state index in [9.17, 15) is 4.79 Å². The van der Waals surface area contributed by atoms with E-state index in [0.717, 1.165) is 16.6 Å². The number of carbonyl (C=O) groups is 1. The fourth-order valence-corrected chi connectivity index (χ4v) is 3.41. The Morgan fingerprint density at radius 2 is 2.00 bits per heavy atom. The molecule has 0 aliphatic carbocycles. The highest BCUT2D eigenvalue weighted by atomic mass is 32.2. The molecule has 6 nitrogen and oxygen atoms in total. The van der Waals surface area contributed by atoms with Crippen LogP contribution in [0.4, 0.5) is 0 Å². The van der Waals surface area contributed by atoms with Gasteiger partial charge in [-0.15, -0.1) is 0 Å². The molecule has 27 heavy (non-hydrogen) atoms. The van der Waals surface area contributed by atoms with Gasteiger partial charge in [-0.3, -0.25) is 9.36 Å². The molecule has 7 heteroatoms. The monoisotopic (exact) mass is 381 g/mol. The summed E-state index contributed by atoms with van der Waals surface area (Å²) < 4.78 is 13.5. The van der Waals surface area contributed by atoms with Crippen molar-refractivity contribution in [1.29, 1.82) is 0 Å². The van der Waals surface area contributed by atoms with E-state index in [1.54, 1.807) is 18.0 Å². The number of carbonyl (C=O) groups excluding carboxylic acids is 1. The van der Waals surface area contributed by atoms with E-state index in [1.807, 2.05) is 65.6 Å². The van der Waals surface area contributed by atoms with Gasteiger partial charge in [-0.1, -0.05) is 23.9 Å². The largest absolute Gasteiger partial charge is 0.486 e. The van der Waals surface area contributed by atoms with Crippen molar-refractivity contribution in [3.63, 3.8) is 0 Å². The van der Waals surface area contributed by atoms with Gasteiger partial charge in [-0.2, -0.15) is 0 Å². The maximum absolute atomic E-state index is 12.4. The molecule has 2 heterocycles. The van der Waals surface area contributed by atoms with E-state index in [4.69, 9.17) is 9.47 Å². The van der Waals surface area contributed by atoms with Crippen LogP contribution < -0.4 is 14.8 Å². The van der Waals surface area contributed by atoms with Crippen molar-refractivity contribution in [2.75, 3.05) is 19.4 Å². The van der Waals surface area contributed by atoms with Crippen LogP contribution in [0.1, 0.15) is 10.4 Å². The summed E-state index contributed by atoms with van der Waals surface area (Å²) in [4.78, 5) is 16.7. The lowest BCUT2D eigenvalue weighted by molar-refractivity contribution is 0.0789. The second-order valence-electron chi connectivity index (χ2n) is 6.04. The number of benzene rings is 2. The summed E-state index contributed by atoms with van der Waals surface area (Å²) >= 11 is 1.57. The number of imidazole rings is 1. The van der Waals surface area contributed by atoms with Gasteiger partial charge in [-0.25, -0.2) is 4.98 Å². The SMILES string of the molecule is CSc1nccn1-c1ccc(C(=O)NCC2COc3ccccc3O2)cc1. The van der Waals surface area contributed by atoms with Crippen molar-refractivity contribution < 1.29 is 14.3 Å². The Morgan fingerprint density at radius 1 is 1.22 bits per heavy atom. The second kappa shape index (κ2) is 7.75. The molecule has 0 radical (unpaired) electrons.